The van der Waals surface area contributed by atoms with E-state index >= 15 is 0 Å². The molecule has 0 radical (unpaired) electrons. The van der Waals surface area contributed by atoms with E-state index in [1.807, 2.05) is 13.1 Å². The van der Waals surface area contributed by atoms with Gasteiger partial charge in [0.05, 0.1) is 25.5 Å². The van der Waals surface area contributed by atoms with Crippen molar-refractivity contribution in [1.29, 1.82) is 0 Å². The van der Waals surface area contributed by atoms with Crippen molar-refractivity contribution in [3.05, 3.63) is 17.8 Å². The first-order chi connectivity index (χ1) is 7.81. The maximum Gasteiger partial charge on any atom is 0.233 e. The number of likely N-dealkylation sites (N-methyl/N-ethyl adjacent to an activating group) is 1. The van der Waals surface area contributed by atoms with Crippen LogP contribution in [0.5, 0.6) is 5.88 Å². The minimum Gasteiger partial charge on any atom is -0.480 e. The normalized spacial score (nSPS) is 12.4. The van der Waals surface area contributed by atoms with Gasteiger partial charge in [-0.15, -0.1) is 5.10 Å². The fourth-order valence-electron chi connectivity index (χ4n) is 1.29. The Labute approximate surface area is 96.2 Å². The number of methoxy groups -OCH3 is 1. The van der Waals surface area contributed by atoms with Crippen LogP contribution in [0, 0.1) is 0 Å². The molecule has 0 saturated heterocycles. The molecule has 5 heteroatoms. The van der Waals surface area contributed by atoms with Crippen molar-refractivity contribution in [2.75, 3.05) is 27.4 Å². The van der Waals surface area contributed by atoms with Gasteiger partial charge in [0.15, 0.2) is 0 Å². The second-order valence-corrected chi connectivity index (χ2v) is 3.42. The monoisotopic (exact) mass is 225 g/mol. The molecule has 90 valence electrons. The van der Waals surface area contributed by atoms with Crippen molar-refractivity contribution in [3.8, 4) is 5.88 Å². The van der Waals surface area contributed by atoms with Crippen LogP contribution >= 0.6 is 0 Å². The van der Waals surface area contributed by atoms with Crippen LogP contribution in [-0.4, -0.2) is 37.6 Å². The molecule has 16 heavy (non-hydrogen) atoms. The third kappa shape index (κ3) is 3.75. The van der Waals surface area contributed by atoms with Crippen molar-refractivity contribution in [1.82, 2.24) is 15.5 Å². The van der Waals surface area contributed by atoms with Crippen molar-refractivity contribution < 1.29 is 9.47 Å². The number of hydrogen-bond acceptors (Lipinski definition) is 5. The largest absolute Gasteiger partial charge is 0.480 e. The van der Waals surface area contributed by atoms with Crippen LogP contribution in [0.25, 0.3) is 0 Å². The number of rotatable bonds is 7. The van der Waals surface area contributed by atoms with Gasteiger partial charge in [0.25, 0.3) is 0 Å². The Bertz CT molecular complexity index is 290. The third-order valence-corrected chi connectivity index (χ3v) is 2.21. The predicted molar refractivity (Wildman–Crippen MR) is 61.5 cm³/mol. The molecule has 1 aromatic rings. The molecular weight excluding hydrogens is 206 g/mol. The van der Waals surface area contributed by atoms with Crippen LogP contribution in [-0.2, 0) is 4.74 Å². The Morgan fingerprint density at radius 3 is 2.69 bits per heavy atom. The molecule has 1 rings (SSSR count). The van der Waals surface area contributed by atoms with Gasteiger partial charge in [-0.2, -0.15) is 5.10 Å². The molecule has 1 atom stereocenters. The summed E-state index contributed by atoms with van der Waals surface area (Å²) >= 11 is 0. The summed E-state index contributed by atoms with van der Waals surface area (Å²) in [5.74, 6) is 0.521. The summed E-state index contributed by atoms with van der Waals surface area (Å²) < 4.78 is 10.4. The van der Waals surface area contributed by atoms with Gasteiger partial charge in [-0.1, -0.05) is 6.92 Å². The van der Waals surface area contributed by atoms with E-state index < -0.39 is 0 Å². The molecule has 1 N–H and O–H groups in total. The van der Waals surface area contributed by atoms with E-state index in [-0.39, 0.29) is 6.04 Å². The molecule has 0 amide bonds. The highest BCUT2D eigenvalue weighted by atomic mass is 16.5. The van der Waals surface area contributed by atoms with Crippen LogP contribution in [0.2, 0.25) is 0 Å². The summed E-state index contributed by atoms with van der Waals surface area (Å²) in [6, 6.07) is 3.76. The first-order valence-corrected chi connectivity index (χ1v) is 5.44. The van der Waals surface area contributed by atoms with Crippen molar-refractivity contribution >= 4 is 0 Å². The maximum absolute atomic E-state index is 5.49. The molecule has 1 unspecified atom stereocenters. The van der Waals surface area contributed by atoms with Crippen LogP contribution in [0.4, 0.5) is 0 Å². The van der Waals surface area contributed by atoms with Gasteiger partial charge >= 0.3 is 0 Å². The van der Waals surface area contributed by atoms with Crippen molar-refractivity contribution in [3.63, 3.8) is 0 Å². The highest BCUT2D eigenvalue weighted by molar-refractivity contribution is 5.14. The smallest absolute Gasteiger partial charge is 0.233 e. The fraction of sp³-hybridized carbons (Fsp3) is 0.636. The third-order valence-electron chi connectivity index (χ3n) is 2.21. The zero-order valence-corrected chi connectivity index (χ0v) is 10.1. The first-order valence-electron chi connectivity index (χ1n) is 5.44. The topological polar surface area (TPSA) is 56.3 Å². The standard InChI is InChI=1S/C11H19N3O2/c1-4-7-16-8-10(12-2)9-5-6-11(15-3)14-13-9/h5-6,10,12H,4,7-8H2,1-3H3. The van der Waals surface area contributed by atoms with Gasteiger partial charge in [-0.3, -0.25) is 0 Å². The summed E-state index contributed by atoms with van der Waals surface area (Å²) in [6.07, 6.45) is 1.02. The van der Waals surface area contributed by atoms with Crippen LogP contribution in [0.1, 0.15) is 25.1 Å². The molecule has 0 aromatic carbocycles. The minimum absolute atomic E-state index is 0.0740. The lowest BCUT2D eigenvalue weighted by molar-refractivity contribution is 0.112. The number of ether oxygens (including phenoxy) is 2. The molecule has 0 saturated carbocycles. The van der Waals surface area contributed by atoms with Crippen LogP contribution in [0.15, 0.2) is 12.1 Å². The van der Waals surface area contributed by atoms with Gasteiger partial charge < -0.3 is 14.8 Å². The summed E-state index contributed by atoms with van der Waals surface area (Å²) in [4.78, 5) is 0. The minimum atomic E-state index is 0.0740. The molecule has 0 bridgehead atoms. The molecule has 1 aromatic heterocycles. The number of nitrogens with one attached hydrogen (secondary N) is 1. The van der Waals surface area contributed by atoms with Crippen LogP contribution < -0.4 is 10.1 Å². The van der Waals surface area contributed by atoms with E-state index in [9.17, 15) is 0 Å². The Morgan fingerprint density at radius 2 is 2.19 bits per heavy atom. The lowest BCUT2D eigenvalue weighted by Crippen LogP contribution is -2.23. The second kappa shape index (κ2) is 7.14. The molecule has 0 spiro atoms. The highest BCUT2D eigenvalue weighted by Crippen LogP contribution is 2.12. The number of hydrogen-bond donors (Lipinski definition) is 1. The zero-order chi connectivity index (χ0) is 11.8. The van der Waals surface area contributed by atoms with E-state index in [1.54, 1.807) is 13.2 Å². The molecule has 0 fully saturated rings. The number of nitrogens with zero attached hydrogens (tertiary/aromatic N) is 2. The van der Waals surface area contributed by atoms with Crippen molar-refractivity contribution in [2.45, 2.75) is 19.4 Å². The molecule has 0 aliphatic carbocycles. The lowest BCUT2D eigenvalue weighted by Gasteiger charge is -2.15. The Balaban J connectivity index is 2.56. The van der Waals surface area contributed by atoms with Gasteiger partial charge in [0, 0.05) is 12.7 Å². The van der Waals surface area contributed by atoms with E-state index in [0.717, 1.165) is 18.7 Å². The molecule has 5 nitrogen and oxygen atoms in total. The van der Waals surface area contributed by atoms with E-state index in [2.05, 4.69) is 22.4 Å². The zero-order valence-electron chi connectivity index (χ0n) is 10.1. The lowest BCUT2D eigenvalue weighted by atomic mass is 10.2. The average Bonchev–Trinajstić information content (AvgIpc) is 2.35. The van der Waals surface area contributed by atoms with Crippen molar-refractivity contribution in [2.24, 2.45) is 0 Å². The van der Waals surface area contributed by atoms with Gasteiger partial charge in [-0.25, -0.2) is 0 Å². The second-order valence-electron chi connectivity index (χ2n) is 3.42. The Kier molecular flexibility index (Phi) is 5.74. The number of aromatic nitrogens is 2. The van der Waals surface area contributed by atoms with Crippen LogP contribution in [0.3, 0.4) is 0 Å². The molecule has 0 aliphatic heterocycles. The molecule has 0 aliphatic rings. The SMILES string of the molecule is CCCOCC(NC)c1ccc(OC)nn1. The fourth-order valence-corrected chi connectivity index (χ4v) is 1.29. The highest BCUT2D eigenvalue weighted by Gasteiger charge is 2.11. The van der Waals surface area contributed by atoms with Gasteiger partial charge in [0.2, 0.25) is 5.88 Å². The summed E-state index contributed by atoms with van der Waals surface area (Å²) in [5.41, 5.74) is 0.861. The van der Waals surface area contributed by atoms with E-state index in [0.29, 0.717) is 12.5 Å². The molecular formula is C11H19N3O2. The summed E-state index contributed by atoms with van der Waals surface area (Å²) in [7, 11) is 3.45. The Morgan fingerprint density at radius 1 is 1.38 bits per heavy atom. The van der Waals surface area contributed by atoms with E-state index in [1.165, 1.54) is 0 Å². The van der Waals surface area contributed by atoms with Gasteiger partial charge in [0.1, 0.15) is 0 Å². The van der Waals surface area contributed by atoms with Gasteiger partial charge in [-0.05, 0) is 19.5 Å². The first kappa shape index (κ1) is 12.9. The average molecular weight is 225 g/mol. The maximum atomic E-state index is 5.49. The summed E-state index contributed by atoms with van der Waals surface area (Å²) in [5, 5.41) is 11.2. The Hall–Kier alpha value is -1.20. The quantitative estimate of drug-likeness (QED) is 0.706. The van der Waals surface area contributed by atoms with E-state index in [4.69, 9.17) is 9.47 Å². The predicted octanol–water partition coefficient (Wildman–Crippen LogP) is 1.17. The molecule has 1 heterocycles. The summed E-state index contributed by atoms with van der Waals surface area (Å²) in [6.45, 7) is 3.45.